The fraction of sp³-hybridized carbons (Fsp3) is 0.692. The quantitative estimate of drug-likeness (QED) is 0.645. The van der Waals surface area contributed by atoms with Gasteiger partial charge in [0.05, 0.1) is 12.4 Å². The van der Waals surface area contributed by atoms with Crippen molar-refractivity contribution in [2.75, 3.05) is 7.05 Å². The maximum atomic E-state index is 8.25. The van der Waals surface area contributed by atoms with Gasteiger partial charge in [-0.25, -0.2) is 4.98 Å². The zero-order valence-electron chi connectivity index (χ0n) is 10.8. The number of aryl methyl sites for hydroxylation is 1. The van der Waals surface area contributed by atoms with Crippen LogP contribution in [0.1, 0.15) is 37.9 Å². The molecule has 0 unspecified atom stereocenters. The van der Waals surface area contributed by atoms with Gasteiger partial charge < -0.3 is 9.47 Å². The predicted molar refractivity (Wildman–Crippen MR) is 69.0 cm³/mol. The number of nitrogens with one attached hydrogen (secondary N) is 1. The van der Waals surface area contributed by atoms with Crippen molar-refractivity contribution in [2.24, 2.45) is 13.0 Å². The van der Waals surface area contributed by atoms with Crippen LogP contribution in [0.25, 0.3) is 0 Å². The standard InChI is InChI=1S/C13H22N4/c1-16-9-8-15-12(16)10-17(2)13(14)11-6-4-3-5-7-11/h8-9,11,14H,3-7,10H2,1-2H3. The highest BCUT2D eigenvalue weighted by Crippen LogP contribution is 2.25. The molecule has 1 aliphatic carbocycles. The van der Waals surface area contributed by atoms with E-state index in [9.17, 15) is 0 Å². The first-order chi connectivity index (χ1) is 8.18. The third-order valence-corrected chi connectivity index (χ3v) is 3.70. The second-order valence-electron chi connectivity index (χ2n) is 5.03. The van der Waals surface area contributed by atoms with Crippen LogP contribution in [0.3, 0.4) is 0 Å². The van der Waals surface area contributed by atoms with Gasteiger partial charge in [-0.2, -0.15) is 0 Å². The van der Waals surface area contributed by atoms with Crippen LogP contribution in [0.2, 0.25) is 0 Å². The molecule has 1 saturated carbocycles. The van der Waals surface area contributed by atoms with Crippen molar-refractivity contribution in [1.29, 1.82) is 5.41 Å². The molecule has 1 N–H and O–H groups in total. The maximum Gasteiger partial charge on any atom is 0.128 e. The average Bonchev–Trinajstić information content (AvgIpc) is 2.75. The zero-order valence-corrected chi connectivity index (χ0v) is 10.8. The van der Waals surface area contributed by atoms with E-state index in [0.29, 0.717) is 5.92 Å². The van der Waals surface area contributed by atoms with E-state index in [1.165, 1.54) is 32.1 Å². The molecular weight excluding hydrogens is 212 g/mol. The number of aromatic nitrogens is 2. The zero-order chi connectivity index (χ0) is 12.3. The van der Waals surface area contributed by atoms with Crippen LogP contribution in [0.4, 0.5) is 0 Å². The lowest BCUT2D eigenvalue weighted by Crippen LogP contribution is -2.33. The smallest absolute Gasteiger partial charge is 0.128 e. The van der Waals surface area contributed by atoms with Crippen LogP contribution in [0.15, 0.2) is 12.4 Å². The Morgan fingerprint density at radius 1 is 1.47 bits per heavy atom. The Balaban J connectivity index is 1.93. The minimum Gasteiger partial charge on any atom is -0.356 e. The van der Waals surface area contributed by atoms with Crippen LogP contribution in [0, 0.1) is 11.3 Å². The Labute approximate surface area is 103 Å². The summed E-state index contributed by atoms with van der Waals surface area (Å²) in [7, 11) is 4.01. The molecule has 0 aromatic carbocycles. The monoisotopic (exact) mass is 234 g/mol. The molecule has 2 rings (SSSR count). The number of hydrogen-bond donors (Lipinski definition) is 1. The molecule has 0 atom stereocenters. The third-order valence-electron chi connectivity index (χ3n) is 3.70. The molecule has 1 fully saturated rings. The molecule has 0 spiro atoms. The molecule has 4 heteroatoms. The summed E-state index contributed by atoms with van der Waals surface area (Å²) >= 11 is 0. The van der Waals surface area contributed by atoms with Crippen molar-refractivity contribution >= 4 is 5.84 Å². The van der Waals surface area contributed by atoms with E-state index in [-0.39, 0.29) is 0 Å². The highest BCUT2D eigenvalue weighted by molar-refractivity contribution is 5.81. The van der Waals surface area contributed by atoms with Gasteiger partial charge >= 0.3 is 0 Å². The van der Waals surface area contributed by atoms with Crippen molar-refractivity contribution in [3.05, 3.63) is 18.2 Å². The van der Waals surface area contributed by atoms with Gasteiger partial charge in [-0.1, -0.05) is 19.3 Å². The van der Waals surface area contributed by atoms with Crippen molar-refractivity contribution < 1.29 is 0 Å². The van der Waals surface area contributed by atoms with Gasteiger partial charge in [-0.05, 0) is 12.8 Å². The van der Waals surface area contributed by atoms with Crippen molar-refractivity contribution in [3.8, 4) is 0 Å². The number of imidazole rings is 1. The second-order valence-corrected chi connectivity index (χ2v) is 5.03. The van der Waals surface area contributed by atoms with Gasteiger partial charge in [-0.3, -0.25) is 5.41 Å². The van der Waals surface area contributed by atoms with Crippen molar-refractivity contribution in [1.82, 2.24) is 14.5 Å². The molecule has 0 aliphatic heterocycles. The first-order valence-electron chi connectivity index (χ1n) is 6.44. The van der Waals surface area contributed by atoms with E-state index in [1.807, 2.05) is 36.0 Å². The van der Waals surface area contributed by atoms with Crippen LogP contribution in [-0.4, -0.2) is 27.3 Å². The molecule has 1 heterocycles. The summed E-state index contributed by atoms with van der Waals surface area (Å²) in [5.41, 5.74) is 0. The van der Waals surface area contributed by atoms with Crippen molar-refractivity contribution in [3.63, 3.8) is 0 Å². The highest BCUT2D eigenvalue weighted by atomic mass is 15.2. The minimum atomic E-state index is 0.467. The van der Waals surface area contributed by atoms with E-state index in [1.54, 1.807) is 0 Å². The summed E-state index contributed by atoms with van der Waals surface area (Å²) in [6, 6.07) is 0. The van der Waals surface area contributed by atoms with E-state index in [0.717, 1.165) is 18.2 Å². The van der Waals surface area contributed by atoms with Gasteiger partial charge in [0.1, 0.15) is 5.82 Å². The number of rotatable bonds is 3. The van der Waals surface area contributed by atoms with E-state index in [4.69, 9.17) is 5.41 Å². The first kappa shape index (κ1) is 12.1. The van der Waals surface area contributed by atoms with E-state index in [2.05, 4.69) is 4.98 Å². The molecule has 0 radical (unpaired) electrons. The summed E-state index contributed by atoms with van der Waals surface area (Å²) in [6.45, 7) is 0.735. The second kappa shape index (κ2) is 5.34. The van der Waals surface area contributed by atoms with E-state index < -0.39 is 0 Å². The number of amidine groups is 1. The lowest BCUT2D eigenvalue weighted by atomic mass is 9.88. The normalized spacial score (nSPS) is 17.1. The molecule has 4 nitrogen and oxygen atoms in total. The molecule has 1 aromatic rings. The topological polar surface area (TPSA) is 44.9 Å². The van der Waals surface area contributed by atoms with Crippen molar-refractivity contribution in [2.45, 2.75) is 38.6 Å². The number of hydrogen-bond acceptors (Lipinski definition) is 2. The fourth-order valence-corrected chi connectivity index (χ4v) is 2.53. The fourth-order valence-electron chi connectivity index (χ4n) is 2.53. The summed E-state index contributed by atoms with van der Waals surface area (Å²) in [6.07, 6.45) is 10.0. The van der Waals surface area contributed by atoms with Crippen LogP contribution in [0.5, 0.6) is 0 Å². The van der Waals surface area contributed by atoms with Gasteiger partial charge in [0.2, 0.25) is 0 Å². The Bertz CT molecular complexity index is 377. The van der Waals surface area contributed by atoms with Crippen LogP contribution < -0.4 is 0 Å². The molecule has 1 aliphatic rings. The Kier molecular flexibility index (Phi) is 3.82. The number of nitrogens with zero attached hydrogens (tertiary/aromatic N) is 3. The largest absolute Gasteiger partial charge is 0.356 e. The summed E-state index contributed by atoms with van der Waals surface area (Å²) < 4.78 is 2.02. The summed E-state index contributed by atoms with van der Waals surface area (Å²) in [5.74, 6) is 2.27. The average molecular weight is 234 g/mol. The Morgan fingerprint density at radius 3 is 2.76 bits per heavy atom. The summed E-state index contributed by atoms with van der Waals surface area (Å²) in [5, 5.41) is 8.25. The Morgan fingerprint density at radius 2 is 2.18 bits per heavy atom. The van der Waals surface area contributed by atoms with Crippen LogP contribution >= 0.6 is 0 Å². The van der Waals surface area contributed by atoms with Gasteiger partial charge in [0, 0.05) is 32.4 Å². The SMILES string of the molecule is CN(Cc1nccn1C)C(=N)C1CCCCC1. The predicted octanol–water partition coefficient (Wildman–Crippen LogP) is 2.41. The lowest BCUT2D eigenvalue weighted by molar-refractivity contribution is 0.376. The van der Waals surface area contributed by atoms with E-state index >= 15 is 0 Å². The molecule has 0 saturated heterocycles. The lowest BCUT2D eigenvalue weighted by Gasteiger charge is -2.28. The molecule has 0 bridgehead atoms. The first-order valence-corrected chi connectivity index (χ1v) is 6.44. The maximum absolute atomic E-state index is 8.25. The molecule has 94 valence electrons. The Hall–Kier alpha value is -1.32. The molecule has 1 aromatic heterocycles. The van der Waals surface area contributed by atoms with Gasteiger partial charge in [-0.15, -0.1) is 0 Å². The van der Waals surface area contributed by atoms with Gasteiger partial charge in [0.15, 0.2) is 0 Å². The highest BCUT2D eigenvalue weighted by Gasteiger charge is 2.21. The minimum absolute atomic E-state index is 0.467. The molecular formula is C13H22N4. The molecule has 17 heavy (non-hydrogen) atoms. The van der Waals surface area contributed by atoms with Gasteiger partial charge in [0.25, 0.3) is 0 Å². The molecule has 0 amide bonds. The van der Waals surface area contributed by atoms with Crippen LogP contribution in [-0.2, 0) is 13.6 Å². The summed E-state index contributed by atoms with van der Waals surface area (Å²) in [4.78, 5) is 6.35. The third kappa shape index (κ3) is 2.87.